The van der Waals surface area contributed by atoms with Gasteiger partial charge >= 0.3 is 5.97 Å². The summed E-state index contributed by atoms with van der Waals surface area (Å²) in [6.45, 7) is 5.38. The molecule has 5 nitrogen and oxygen atoms in total. The van der Waals surface area contributed by atoms with E-state index in [9.17, 15) is 9.59 Å². The van der Waals surface area contributed by atoms with Gasteiger partial charge in [0.25, 0.3) is 5.91 Å². The van der Waals surface area contributed by atoms with E-state index in [4.69, 9.17) is 4.74 Å². The van der Waals surface area contributed by atoms with Gasteiger partial charge in [-0.3, -0.25) is 9.78 Å². The van der Waals surface area contributed by atoms with Crippen LogP contribution in [-0.4, -0.2) is 34.4 Å². The topological polar surface area (TPSA) is 59.5 Å². The first-order valence-corrected chi connectivity index (χ1v) is 5.97. The van der Waals surface area contributed by atoms with E-state index in [-0.39, 0.29) is 5.91 Å². The second-order valence-electron chi connectivity index (χ2n) is 5.35. The van der Waals surface area contributed by atoms with Crippen molar-refractivity contribution >= 4 is 17.6 Å². The highest BCUT2D eigenvalue weighted by molar-refractivity contribution is 6.11. The second kappa shape index (κ2) is 4.50. The first-order valence-electron chi connectivity index (χ1n) is 5.97. The Balaban J connectivity index is 2.36. The van der Waals surface area contributed by atoms with Crippen molar-refractivity contribution in [2.24, 2.45) is 0 Å². The molecule has 0 saturated heterocycles. The monoisotopic (exact) mass is 260 g/mol. The molecule has 0 spiro atoms. The molecular weight excluding hydrogens is 244 g/mol. The van der Waals surface area contributed by atoms with Crippen molar-refractivity contribution in [3.8, 4) is 0 Å². The largest absolute Gasteiger partial charge is 0.457 e. The third kappa shape index (κ3) is 2.65. The van der Waals surface area contributed by atoms with E-state index in [0.717, 1.165) is 0 Å². The van der Waals surface area contributed by atoms with Crippen molar-refractivity contribution < 1.29 is 14.3 Å². The minimum Gasteiger partial charge on any atom is -0.457 e. The predicted octanol–water partition coefficient (Wildman–Crippen LogP) is 1.85. The van der Waals surface area contributed by atoms with Crippen LogP contribution >= 0.6 is 0 Å². The van der Waals surface area contributed by atoms with E-state index in [1.165, 1.54) is 11.0 Å². The number of hydrogen-bond donors (Lipinski definition) is 0. The molecule has 1 aromatic heterocycles. The van der Waals surface area contributed by atoms with Crippen LogP contribution in [0.3, 0.4) is 0 Å². The molecule has 0 N–H and O–H groups in total. The SMILES string of the molecule is CN1C(=O)c2ccncc2/C1=C\C(=O)OC(C)(C)C. The Morgan fingerprint density at radius 1 is 1.37 bits per heavy atom. The maximum absolute atomic E-state index is 12.0. The molecule has 0 saturated carbocycles. The zero-order valence-corrected chi connectivity index (χ0v) is 11.4. The van der Waals surface area contributed by atoms with Crippen LogP contribution in [0.4, 0.5) is 0 Å². The number of nitrogens with zero attached hydrogens (tertiary/aromatic N) is 2. The summed E-state index contributed by atoms with van der Waals surface area (Å²) in [6, 6.07) is 1.64. The van der Waals surface area contributed by atoms with Crippen LogP contribution in [-0.2, 0) is 9.53 Å². The van der Waals surface area contributed by atoms with E-state index in [1.54, 1.807) is 46.3 Å². The van der Waals surface area contributed by atoms with E-state index in [2.05, 4.69) is 4.98 Å². The highest BCUT2D eigenvalue weighted by atomic mass is 16.6. The number of carbonyl (C=O) groups excluding carboxylic acids is 2. The maximum Gasteiger partial charge on any atom is 0.333 e. The Bertz CT molecular complexity index is 570. The van der Waals surface area contributed by atoms with Crippen molar-refractivity contribution in [3.63, 3.8) is 0 Å². The number of esters is 1. The van der Waals surface area contributed by atoms with Crippen molar-refractivity contribution in [2.45, 2.75) is 26.4 Å². The average molecular weight is 260 g/mol. The zero-order valence-electron chi connectivity index (χ0n) is 11.4. The molecule has 5 heteroatoms. The highest BCUT2D eigenvalue weighted by Crippen LogP contribution is 2.30. The van der Waals surface area contributed by atoms with Gasteiger partial charge in [0.15, 0.2) is 0 Å². The average Bonchev–Trinajstić information content (AvgIpc) is 2.53. The minimum absolute atomic E-state index is 0.146. The standard InChI is InChI=1S/C14H16N2O3/c1-14(2,3)19-12(17)7-11-10-8-15-6-5-9(10)13(18)16(11)4/h5-8H,1-4H3/b11-7+. The lowest BCUT2D eigenvalue weighted by Gasteiger charge is -2.19. The molecule has 0 aromatic carbocycles. The van der Waals surface area contributed by atoms with E-state index in [1.807, 2.05) is 0 Å². The van der Waals surface area contributed by atoms with Crippen LogP contribution in [0, 0.1) is 0 Å². The summed E-state index contributed by atoms with van der Waals surface area (Å²) in [5, 5.41) is 0. The van der Waals surface area contributed by atoms with Crippen LogP contribution in [0.2, 0.25) is 0 Å². The molecule has 2 heterocycles. The Morgan fingerprint density at radius 3 is 2.68 bits per heavy atom. The third-order valence-corrected chi connectivity index (χ3v) is 2.65. The third-order valence-electron chi connectivity index (χ3n) is 2.65. The molecule has 0 aliphatic carbocycles. The van der Waals surface area contributed by atoms with E-state index >= 15 is 0 Å². The minimum atomic E-state index is -0.562. The van der Waals surface area contributed by atoms with Gasteiger partial charge in [-0.2, -0.15) is 0 Å². The lowest BCUT2D eigenvalue weighted by atomic mass is 10.1. The number of rotatable bonds is 1. The molecule has 100 valence electrons. The summed E-state index contributed by atoms with van der Waals surface area (Å²) < 4.78 is 5.22. The van der Waals surface area contributed by atoms with Crippen LogP contribution in [0.25, 0.3) is 5.70 Å². The zero-order chi connectivity index (χ0) is 14.2. The van der Waals surface area contributed by atoms with Crippen molar-refractivity contribution in [1.82, 2.24) is 9.88 Å². The molecule has 0 atom stereocenters. The Labute approximate surface area is 111 Å². The predicted molar refractivity (Wildman–Crippen MR) is 70.2 cm³/mol. The van der Waals surface area contributed by atoms with Crippen molar-refractivity contribution in [3.05, 3.63) is 35.7 Å². The Morgan fingerprint density at radius 2 is 2.05 bits per heavy atom. The molecule has 0 unspecified atom stereocenters. The number of amides is 1. The normalized spacial score (nSPS) is 16.7. The van der Waals surface area contributed by atoms with Crippen molar-refractivity contribution in [1.29, 1.82) is 0 Å². The number of ether oxygens (including phenoxy) is 1. The summed E-state index contributed by atoms with van der Waals surface area (Å²) in [4.78, 5) is 29.2. The quantitative estimate of drug-likeness (QED) is 0.571. The molecule has 2 rings (SSSR count). The first-order chi connectivity index (χ1) is 8.79. The molecular formula is C14H16N2O3. The van der Waals surface area contributed by atoms with Crippen molar-refractivity contribution in [2.75, 3.05) is 7.05 Å². The van der Waals surface area contributed by atoms with E-state index in [0.29, 0.717) is 16.8 Å². The second-order valence-corrected chi connectivity index (χ2v) is 5.35. The Kier molecular flexibility index (Phi) is 3.14. The molecule has 0 bridgehead atoms. The van der Waals surface area contributed by atoms with Crippen LogP contribution in [0.5, 0.6) is 0 Å². The number of carbonyl (C=O) groups is 2. The van der Waals surface area contributed by atoms with Gasteiger partial charge in [0, 0.05) is 31.1 Å². The number of hydrogen-bond acceptors (Lipinski definition) is 4. The number of aromatic nitrogens is 1. The maximum atomic E-state index is 12.0. The lowest BCUT2D eigenvalue weighted by Crippen LogP contribution is -2.24. The van der Waals surface area contributed by atoms with Crippen LogP contribution in [0.15, 0.2) is 24.5 Å². The van der Waals surface area contributed by atoms with Gasteiger partial charge in [-0.1, -0.05) is 0 Å². The van der Waals surface area contributed by atoms with E-state index < -0.39 is 11.6 Å². The molecule has 1 aromatic rings. The number of fused-ring (bicyclic) bond motifs is 1. The summed E-state index contributed by atoms with van der Waals surface area (Å²) >= 11 is 0. The highest BCUT2D eigenvalue weighted by Gasteiger charge is 2.30. The lowest BCUT2D eigenvalue weighted by molar-refractivity contribution is -0.148. The smallest absolute Gasteiger partial charge is 0.333 e. The van der Waals surface area contributed by atoms with Gasteiger partial charge in [0.05, 0.1) is 11.3 Å². The fourth-order valence-electron chi connectivity index (χ4n) is 1.87. The van der Waals surface area contributed by atoms with Gasteiger partial charge in [0.2, 0.25) is 0 Å². The van der Waals surface area contributed by atoms with Gasteiger partial charge in [0.1, 0.15) is 5.60 Å². The van der Waals surface area contributed by atoms with Crippen LogP contribution in [0.1, 0.15) is 36.7 Å². The van der Waals surface area contributed by atoms with Gasteiger partial charge in [-0.15, -0.1) is 0 Å². The number of pyridine rings is 1. The summed E-state index contributed by atoms with van der Waals surface area (Å²) in [7, 11) is 1.62. The first kappa shape index (κ1) is 13.3. The van der Waals surface area contributed by atoms with Gasteiger partial charge in [-0.05, 0) is 26.8 Å². The van der Waals surface area contributed by atoms with Crippen LogP contribution < -0.4 is 0 Å². The van der Waals surface area contributed by atoms with Gasteiger partial charge in [-0.25, -0.2) is 4.79 Å². The molecule has 0 fully saturated rings. The Hall–Kier alpha value is -2.17. The molecule has 0 radical (unpaired) electrons. The molecule has 19 heavy (non-hydrogen) atoms. The molecule has 1 aliphatic rings. The fourth-order valence-corrected chi connectivity index (χ4v) is 1.87. The molecule has 1 amide bonds. The summed E-state index contributed by atoms with van der Waals surface area (Å²) in [5.74, 6) is -0.619. The fraction of sp³-hybridized carbons (Fsp3) is 0.357. The molecule has 1 aliphatic heterocycles. The summed E-state index contributed by atoms with van der Waals surface area (Å²) in [6.07, 6.45) is 4.46. The van der Waals surface area contributed by atoms with Gasteiger partial charge < -0.3 is 9.64 Å². The summed E-state index contributed by atoms with van der Waals surface area (Å²) in [5.41, 5.74) is 1.16.